The van der Waals surface area contributed by atoms with E-state index in [9.17, 15) is 18.8 Å². The van der Waals surface area contributed by atoms with E-state index < -0.39 is 23.4 Å². The monoisotopic (exact) mass is 628 g/mol. The number of anilines is 2. The summed E-state index contributed by atoms with van der Waals surface area (Å²) >= 11 is 0. The topological polar surface area (TPSA) is 107 Å². The molecule has 5 rings (SSSR count). The van der Waals surface area contributed by atoms with Gasteiger partial charge >= 0.3 is 6.09 Å². The number of piperazine rings is 1. The first-order valence-electron chi connectivity index (χ1n) is 15.4. The zero-order valence-electron chi connectivity index (χ0n) is 27.0. The summed E-state index contributed by atoms with van der Waals surface area (Å²) in [5.74, 6) is -1.56. The molecular weight excluding hydrogens is 587 g/mol. The minimum atomic E-state index is -0.794. The molecule has 0 saturated carbocycles. The van der Waals surface area contributed by atoms with Gasteiger partial charge in [-0.25, -0.2) is 9.18 Å². The predicted molar refractivity (Wildman–Crippen MR) is 177 cm³/mol. The largest absolute Gasteiger partial charge is 0.444 e. The summed E-state index contributed by atoms with van der Waals surface area (Å²) in [6.07, 6.45) is -0.537. The molecule has 3 aromatic rings. The number of carbonyl (C=O) groups is 3. The maximum Gasteiger partial charge on any atom is 0.407 e. The Hall–Kier alpha value is -4.61. The zero-order valence-corrected chi connectivity index (χ0v) is 27.0. The number of alkyl carbamates (subject to hydrolysis) is 1. The number of fused-ring (bicyclic) bond motifs is 1. The molecule has 1 unspecified atom stereocenters. The van der Waals surface area contributed by atoms with Crippen LogP contribution in [0.4, 0.5) is 26.2 Å². The molecule has 46 heavy (non-hydrogen) atoms. The van der Waals surface area contributed by atoms with Crippen molar-refractivity contribution < 1.29 is 23.5 Å². The van der Waals surface area contributed by atoms with Crippen molar-refractivity contribution in [2.45, 2.75) is 38.8 Å². The van der Waals surface area contributed by atoms with Gasteiger partial charge in [0.2, 0.25) is 11.8 Å². The number of hydrogen-bond donors (Lipinski definition) is 2. The second-order valence-electron chi connectivity index (χ2n) is 12.8. The third-order valence-electron chi connectivity index (χ3n) is 7.99. The molecule has 3 aromatic carbocycles. The lowest BCUT2D eigenvalue weighted by Gasteiger charge is -2.32. The average molecular weight is 629 g/mol. The Balaban J connectivity index is 1.41. The highest BCUT2D eigenvalue weighted by atomic mass is 19.1. The maximum atomic E-state index is 14.0. The lowest BCUT2D eigenvalue weighted by Crippen LogP contribution is -2.48. The lowest BCUT2D eigenvalue weighted by molar-refractivity contribution is -0.120. The van der Waals surface area contributed by atoms with Crippen LogP contribution in [0.25, 0.3) is 0 Å². The van der Waals surface area contributed by atoms with E-state index in [1.807, 2.05) is 36.4 Å². The molecule has 1 atom stereocenters. The number of hydrogen-bond acceptors (Lipinski definition) is 7. The Morgan fingerprint density at radius 3 is 2.46 bits per heavy atom. The number of rotatable bonds is 8. The quantitative estimate of drug-likeness (QED) is 0.343. The van der Waals surface area contributed by atoms with Gasteiger partial charge in [0.25, 0.3) is 0 Å². The minimum absolute atomic E-state index is 0.00441. The van der Waals surface area contributed by atoms with E-state index in [1.165, 1.54) is 12.1 Å². The molecular formula is C35H41FN6O4. The van der Waals surface area contributed by atoms with Crippen LogP contribution in [0.2, 0.25) is 0 Å². The highest BCUT2D eigenvalue weighted by Crippen LogP contribution is 2.37. The molecule has 0 aromatic heterocycles. The number of ether oxygens (including phenoxy) is 1. The van der Waals surface area contributed by atoms with Gasteiger partial charge in [-0.3, -0.25) is 19.5 Å². The van der Waals surface area contributed by atoms with E-state index in [4.69, 9.17) is 9.73 Å². The highest BCUT2D eigenvalue weighted by molar-refractivity contribution is 6.24. The summed E-state index contributed by atoms with van der Waals surface area (Å²) < 4.78 is 19.4. The summed E-state index contributed by atoms with van der Waals surface area (Å²) in [6.45, 7) is 9.53. The Morgan fingerprint density at radius 2 is 1.76 bits per heavy atom. The van der Waals surface area contributed by atoms with Crippen molar-refractivity contribution in [3.05, 3.63) is 89.2 Å². The molecule has 1 fully saturated rings. The van der Waals surface area contributed by atoms with Crippen molar-refractivity contribution in [1.29, 1.82) is 0 Å². The summed E-state index contributed by atoms with van der Waals surface area (Å²) in [5.41, 5.74) is 3.63. The van der Waals surface area contributed by atoms with Crippen molar-refractivity contribution in [3.8, 4) is 0 Å². The number of carbonyl (C=O) groups excluding carboxylic acids is 3. The van der Waals surface area contributed by atoms with Gasteiger partial charge in [0, 0.05) is 51.1 Å². The molecule has 0 aliphatic carbocycles. The van der Waals surface area contributed by atoms with E-state index >= 15 is 0 Å². The number of nitrogens with zero attached hydrogens (tertiary/aromatic N) is 4. The Kier molecular flexibility index (Phi) is 9.83. The second-order valence-corrected chi connectivity index (χ2v) is 12.8. The standard InChI is InChI=1S/C35H41FN6O4/c1-35(2,3)46-34(45)37-21-23-7-6-8-24(19-23)32(31-28-14-9-25(36)20-29(28)39-33(31)44)38-26-10-12-27(13-11-26)41(5)30(43)22-42-17-15-40(4)16-18-42/h6-14,19-20,31H,15-18,21-22H2,1-5H3,(H,37,45)(H,39,44). The molecule has 0 bridgehead atoms. The predicted octanol–water partition coefficient (Wildman–Crippen LogP) is 4.92. The molecule has 2 aliphatic rings. The van der Waals surface area contributed by atoms with E-state index in [-0.39, 0.29) is 18.4 Å². The summed E-state index contributed by atoms with van der Waals surface area (Å²) in [7, 11) is 3.84. The fraction of sp³-hybridized carbons (Fsp3) is 0.371. The zero-order chi connectivity index (χ0) is 33.0. The average Bonchev–Trinajstić information content (AvgIpc) is 3.33. The van der Waals surface area contributed by atoms with Gasteiger partial charge in [0.15, 0.2) is 0 Å². The third-order valence-corrected chi connectivity index (χ3v) is 7.99. The van der Waals surface area contributed by atoms with Crippen LogP contribution in [0, 0.1) is 5.82 Å². The molecule has 0 radical (unpaired) electrons. The van der Waals surface area contributed by atoms with E-state index in [0.717, 1.165) is 37.4 Å². The van der Waals surface area contributed by atoms with Crippen LogP contribution in [0.15, 0.2) is 71.7 Å². The van der Waals surface area contributed by atoms with Gasteiger partial charge in [-0.05, 0) is 87.0 Å². The fourth-order valence-corrected chi connectivity index (χ4v) is 5.47. The number of likely N-dealkylation sites (N-methyl/N-ethyl adjacent to an activating group) is 2. The number of benzene rings is 3. The van der Waals surface area contributed by atoms with Gasteiger partial charge in [0.05, 0.1) is 17.9 Å². The van der Waals surface area contributed by atoms with Crippen molar-refractivity contribution in [1.82, 2.24) is 15.1 Å². The second kappa shape index (κ2) is 13.8. The molecule has 10 nitrogen and oxygen atoms in total. The number of amides is 3. The summed E-state index contributed by atoms with van der Waals surface area (Å²) in [4.78, 5) is 49.6. The molecule has 2 N–H and O–H groups in total. The van der Waals surface area contributed by atoms with Crippen molar-refractivity contribution in [3.63, 3.8) is 0 Å². The summed E-state index contributed by atoms with van der Waals surface area (Å²) in [6, 6.07) is 18.9. The van der Waals surface area contributed by atoms with E-state index in [2.05, 4.69) is 27.5 Å². The van der Waals surface area contributed by atoms with Crippen LogP contribution < -0.4 is 15.5 Å². The molecule has 2 aliphatic heterocycles. The smallest absolute Gasteiger partial charge is 0.407 e. The number of halogens is 1. The van der Waals surface area contributed by atoms with Gasteiger partial charge in [-0.1, -0.05) is 24.3 Å². The molecule has 11 heteroatoms. The molecule has 2 heterocycles. The first-order valence-corrected chi connectivity index (χ1v) is 15.4. The van der Waals surface area contributed by atoms with Crippen LogP contribution >= 0.6 is 0 Å². The van der Waals surface area contributed by atoms with Crippen LogP contribution in [0.3, 0.4) is 0 Å². The van der Waals surface area contributed by atoms with Gasteiger partial charge in [0.1, 0.15) is 17.3 Å². The fourth-order valence-electron chi connectivity index (χ4n) is 5.47. The van der Waals surface area contributed by atoms with Gasteiger partial charge < -0.3 is 25.2 Å². The third kappa shape index (κ3) is 8.15. The van der Waals surface area contributed by atoms with Crippen LogP contribution in [-0.4, -0.2) is 85.8 Å². The Bertz CT molecular complexity index is 1630. The maximum absolute atomic E-state index is 14.0. The SMILES string of the molecule is CN1CCN(CC(=O)N(C)c2ccc(N=C(c3cccc(CNC(=O)OC(C)(C)C)c3)C3C(=O)Nc4cc(F)ccc43)cc2)CC1. The van der Waals surface area contributed by atoms with E-state index in [1.54, 1.807) is 50.9 Å². The minimum Gasteiger partial charge on any atom is -0.444 e. The van der Waals surface area contributed by atoms with Gasteiger partial charge in [-0.2, -0.15) is 0 Å². The first kappa shape index (κ1) is 32.8. The van der Waals surface area contributed by atoms with Crippen LogP contribution in [-0.2, 0) is 20.9 Å². The highest BCUT2D eigenvalue weighted by Gasteiger charge is 2.36. The Labute approximate surface area is 269 Å². The molecule has 3 amide bonds. The Morgan fingerprint density at radius 1 is 1.04 bits per heavy atom. The van der Waals surface area contributed by atoms with Crippen molar-refractivity contribution in [2.24, 2.45) is 4.99 Å². The molecule has 242 valence electrons. The molecule has 0 spiro atoms. The van der Waals surface area contributed by atoms with E-state index in [0.29, 0.717) is 34.8 Å². The van der Waals surface area contributed by atoms with Crippen LogP contribution in [0.5, 0.6) is 0 Å². The first-order chi connectivity index (χ1) is 21.9. The van der Waals surface area contributed by atoms with Crippen molar-refractivity contribution >= 4 is 40.7 Å². The normalized spacial score (nSPS) is 17.3. The molecule has 1 saturated heterocycles. The number of aliphatic imine (C=N–C) groups is 1. The van der Waals surface area contributed by atoms with Crippen LogP contribution in [0.1, 0.15) is 43.4 Å². The van der Waals surface area contributed by atoms with Gasteiger partial charge in [-0.15, -0.1) is 0 Å². The van der Waals surface area contributed by atoms with Crippen molar-refractivity contribution in [2.75, 3.05) is 57.0 Å². The number of nitrogens with one attached hydrogen (secondary N) is 2. The summed E-state index contributed by atoms with van der Waals surface area (Å²) in [5, 5.41) is 5.55. The lowest BCUT2D eigenvalue weighted by atomic mass is 9.90.